The van der Waals surface area contributed by atoms with E-state index >= 15 is 0 Å². The Balaban J connectivity index is 1.67. The summed E-state index contributed by atoms with van der Waals surface area (Å²) in [5.41, 5.74) is 2.56. The summed E-state index contributed by atoms with van der Waals surface area (Å²) >= 11 is 0. The van der Waals surface area contributed by atoms with Crippen molar-refractivity contribution in [1.82, 2.24) is 4.90 Å². The van der Waals surface area contributed by atoms with E-state index in [9.17, 15) is 13.2 Å². The molecule has 0 aliphatic carbocycles. The first-order valence-electron chi connectivity index (χ1n) is 9.56. The fourth-order valence-corrected chi connectivity index (χ4v) is 3.92. The molecule has 3 rings (SSSR count). The van der Waals surface area contributed by atoms with Gasteiger partial charge in [0.05, 0.1) is 4.90 Å². The second-order valence-corrected chi connectivity index (χ2v) is 8.89. The predicted octanol–water partition coefficient (Wildman–Crippen LogP) is 3.84. The SMILES string of the molecule is CN(C)CCc1ccc(NC(=O)c2cccc(NS(=O)(=O)c3ccccc3)c2)cc1. The molecule has 0 aliphatic rings. The van der Waals surface area contributed by atoms with Crippen LogP contribution in [0.1, 0.15) is 15.9 Å². The fourth-order valence-electron chi connectivity index (χ4n) is 2.85. The molecule has 0 saturated heterocycles. The van der Waals surface area contributed by atoms with E-state index in [2.05, 4.69) is 14.9 Å². The summed E-state index contributed by atoms with van der Waals surface area (Å²) in [4.78, 5) is 14.9. The number of sulfonamides is 1. The molecule has 0 radical (unpaired) electrons. The van der Waals surface area contributed by atoms with Crippen LogP contribution in [0, 0.1) is 0 Å². The van der Waals surface area contributed by atoms with E-state index in [1.54, 1.807) is 36.4 Å². The van der Waals surface area contributed by atoms with Gasteiger partial charge in [-0.25, -0.2) is 8.42 Å². The van der Waals surface area contributed by atoms with Gasteiger partial charge in [-0.1, -0.05) is 36.4 Å². The summed E-state index contributed by atoms with van der Waals surface area (Å²) < 4.78 is 27.5. The highest BCUT2D eigenvalue weighted by Gasteiger charge is 2.14. The number of likely N-dealkylation sites (N-methyl/N-ethyl adjacent to an activating group) is 1. The van der Waals surface area contributed by atoms with Crippen LogP contribution in [0.2, 0.25) is 0 Å². The number of hydrogen-bond donors (Lipinski definition) is 2. The Kier molecular flexibility index (Phi) is 6.87. The second-order valence-electron chi connectivity index (χ2n) is 7.20. The number of anilines is 2. The minimum absolute atomic E-state index is 0.161. The van der Waals surface area contributed by atoms with Crippen molar-refractivity contribution in [1.29, 1.82) is 0 Å². The largest absolute Gasteiger partial charge is 0.322 e. The molecule has 2 N–H and O–H groups in total. The number of amides is 1. The smallest absolute Gasteiger partial charge is 0.261 e. The van der Waals surface area contributed by atoms with Gasteiger partial charge in [0.1, 0.15) is 0 Å². The fraction of sp³-hybridized carbons (Fsp3) is 0.174. The summed E-state index contributed by atoms with van der Waals surface area (Å²) in [7, 11) is 0.345. The topological polar surface area (TPSA) is 78.5 Å². The van der Waals surface area contributed by atoms with Crippen LogP contribution in [0.15, 0.2) is 83.8 Å². The Morgan fingerprint density at radius 2 is 1.57 bits per heavy atom. The van der Waals surface area contributed by atoms with Gasteiger partial charge in [-0.2, -0.15) is 0 Å². The first kappa shape index (κ1) is 21.5. The van der Waals surface area contributed by atoms with Crippen LogP contribution in [0.5, 0.6) is 0 Å². The summed E-state index contributed by atoms with van der Waals surface area (Å²) in [6.07, 6.45) is 0.935. The second kappa shape index (κ2) is 9.56. The van der Waals surface area contributed by atoms with Crippen molar-refractivity contribution < 1.29 is 13.2 Å². The van der Waals surface area contributed by atoms with Crippen molar-refractivity contribution in [3.8, 4) is 0 Å². The molecule has 3 aromatic rings. The van der Waals surface area contributed by atoms with E-state index in [4.69, 9.17) is 0 Å². The predicted molar refractivity (Wildman–Crippen MR) is 120 cm³/mol. The number of carbonyl (C=O) groups is 1. The van der Waals surface area contributed by atoms with E-state index in [0.717, 1.165) is 13.0 Å². The van der Waals surface area contributed by atoms with Gasteiger partial charge in [0.25, 0.3) is 15.9 Å². The third-order valence-electron chi connectivity index (χ3n) is 4.49. The molecule has 0 heterocycles. The quantitative estimate of drug-likeness (QED) is 0.577. The van der Waals surface area contributed by atoms with Crippen LogP contribution in [0.4, 0.5) is 11.4 Å². The van der Waals surface area contributed by atoms with Gasteiger partial charge in [0.2, 0.25) is 0 Å². The molecule has 7 heteroatoms. The zero-order chi connectivity index (χ0) is 21.6. The average molecular weight is 424 g/mol. The lowest BCUT2D eigenvalue weighted by molar-refractivity contribution is 0.102. The Labute approximate surface area is 177 Å². The molecule has 0 aliphatic heterocycles. The number of benzene rings is 3. The van der Waals surface area contributed by atoms with Crippen molar-refractivity contribution in [2.75, 3.05) is 30.7 Å². The molecule has 0 fully saturated rings. The van der Waals surface area contributed by atoms with Gasteiger partial charge in [-0.05, 0) is 68.5 Å². The summed E-state index contributed by atoms with van der Waals surface area (Å²) in [5, 5.41) is 2.85. The van der Waals surface area contributed by atoms with E-state index < -0.39 is 10.0 Å². The molecule has 3 aromatic carbocycles. The highest BCUT2D eigenvalue weighted by atomic mass is 32.2. The molecule has 30 heavy (non-hydrogen) atoms. The zero-order valence-corrected chi connectivity index (χ0v) is 17.8. The average Bonchev–Trinajstić information content (AvgIpc) is 2.74. The Morgan fingerprint density at radius 1 is 0.867 bits per heavy atom. The molecule has 1 amide bonds. The molecule has 156 valence electrons. The molecular weight excluding hydrogens is 398 g/mol. The van der Waals surface area contributed by atoms with Crippen LogP contribution < -0.4 is 10.0 Å². The van der Waals surface area contributed by atoms with Gasteiger partial charge in [-0.3, -0.25) is 9.52 Å². The minimum Gasteiger partial charge on any atom is -0.322 e. The van der Waals surface area contributed by atoms with E-state index in [1.165, 1.54) is 23.8 Å². The molecule has 0 saturated carbocycles. The number of rotatable bonds is 8. The van der Waals surface area contributed by atoms with Gasteiger partial charge in [0, 0.05) is 23.5 Å². The molecule has 0 unspecified atom stereocenters. The van der Waals surface area contributed by atoms with Crippen molar-refractivity contribution in [2.45, 2.75) is 11.3 Å². The van der Waals surface area contributed by atoms with Crippen LogP contribution in [0.3, 0.4) is 0 Å². The lowest BCUT2D eigenvalue weighted by atomic mass is 10.1. The van der Waals surface area contributed by atoms with E-state index in [0.29, 0.717) is 16.9 Å². The highest BCUT2D eigenvalue weighted by Crippen LogP contribution is 2.18. The summed E-state index contributed by atoms with van der Waals surface area (Å²) in [5.74, 6) is -0.309. The third-order valence-corrected chi connectivity index (χ3v) is 5.89. The van der Waals surface area contributed by atoms with Gasteiger partial charge in [-0.15, -0.1) is 0 Å². The number of hydrogen-bond acceptors (Lipinski definition) is 4. The maximum absolute atomic E-state index is 12.6. The third kappa shape index (κ3) is 5.92. The monoisotopic (exact) mass is 423 g/mol. The van der Waals surface area contributed by atoms with Crippen LogP contribution in [0.25, 0.3) is 0 Å². The molecule has 0 atom stereocenters. The van der Waals surface area contributed by atoms with Gasteiger partial charge < -0.3 is 10.2 Å². The zero-order valence-electron chi connectivity index (χ0n) is 17.0. The minimum atomic E-state index is -3.72. The first-order valence-corrected chi connectivity index (χ1v) is 11.0. The lowest BCUT2D eigenvalue weighted by Crippen LogP contribution is -2.15. The Bertz CT molecular complexity index is 1100. The van der Waals surface area contributed by atoms with Gasteiger partial charge >= 0.3 is 0 Å². The van der Waals surface area contributed by atoms with Crippen LogP contribution in [-0.4, -0.2) is 39.9 Å². The standard InChI is InChI=1S/C23H25N3O3S/c1-26(2)16-15-18-11-13-20(14-12-18)24-23(27)19-7-6-8-21(17-19)25-30(28,29)22-9-4-3-5-10-22/h3-14,17,25H,15-16H2,1-2H3,(H,24,27). The number of nitrogens with one attached hydrogen (secondary N) is 2. The Hall–Kier alpha value is -3.16. The molecule has 0 spiro atoms. The van der Waals surface area contributed by atoms with Crippen LogP contribution >= 0.6 is 0 Å². The van der Waals surface area contributed by atoms with Crippen LogP contribution in [-0.2, 0) is 16.4 Å². The number of nitrogens with zero attached hydrogens (tertiary/aromatic N) is 1. The molecular formula is C23H25N3O3S. The van der Waals surface area contributed by atoms with Crippen molar-refractivity contribution in [3.63, 3.8) is 0 Å². The van der Waals surface area contributed by atoms with E-state index in [-0.39, 0.29) is 10.8 Å². The first-order chi connectivity index (χ1) is 14.3. The molecule has 6 nitrogen and oxygen atoms in total. The summed E-state index contributed by atoms with van der Waals surface area (Å²) in [6.45, 7) is 0.956. The highest BCUT2D eigenvalue weighted by molar-refractivity contribution is 7.92. The van der Waals surface area contributed by atoms with Crippen molar-refractivity contribution in [3.05, 3.63) is 90.0 Å². The molecule has 0 aromatic heterocycles. The van der Waals surface area contributed by atoms with Crippen molar-refractivity contribution >= 4 is 27.3 Å². The maximum Gasteiger partial charge on any atom is 0.261 e. The number of carbonyl (C=O) groups excluding carboxylic acids is 1. The molecule has 0 bridgehead atoms. The summed E-state index contributed by atoms with van der Waals surface area (Å²) in [6, 6.07) is 22.2. The van der Waals surface area contributed by atoms with E-state index in [1.807, 2.05) is 38.4 Å². The Morgan fingerprint density at radius 3 is 2.23 bits per heavy atom. The maximum atomic E-state index is 12.6. The van der Waals surface area contributed by atoms with Gasteiger partial charge in [0.15, 0.2) is 0 Å². The van der Waals surface area contributed by atoms with Crippen molar-refractivity contribution in [2.24, 2.45) is 0 Å². The normalized spacial score (nSPS) is 11.3. The lowest BCUT2D eigenvalue weighted by Gasteiger charge is -2.11.